The molecule has 0 aliphatic rings. The van der Waals surface area contributed by atoms with E-state index in [1.807, 2.05) is 50.2 Å². The highest BCUT2D eigenvalue weighted by atomic mass is 32.2. The number of nitrogens with one attached hydrogen (secondary N) is 3. The van der Waals surface area contributed by atoms with E-state index in [4.69, 9.17) is 11.1 Å². The molecule has 0 radical (unpaired) electrons. The fourth-order valence-electron chi connectivity index (χ4n) is 3.40. The summed E-state index contributed by atoms with van der Waals surface area (Å²) in [7, 11) is -2.88. The Hall–Kier alpha value is -3.85. The van der Waals surface area contributed by atoms with Crippen LogP contribution in [0, 0.1) is 5.41 Å². The molecule has 0 aromatic heterocycles. The number of anilines is 2. The molecule has 0 aliphatic heterocycles. The number of carbonyl (C=O) groups excluding carboxylic acids is 1. The normalized spacial score (nSPS) is 10.8. The van der Waals surface area contributed by atoms with Crippen LogP contribution in [-0.2, 0) is 17.4 Å². The Bertz CT molecular complexity index is 1220. The number of nitrogens with two attached hydrogens (primary N) is 1. The minimum Gasteiger partial charge on any atom is -0.384 e. The second kappa shape index (κ2) is 10.6. The smallest absolute Gasteiger partial charge is 0.322 e. The third kappa shape index (κ3) is 6.33. The van der Waals surface area contributed by atoms with Crippen molar-refractivity contribution in [1.29, 1.82) is 5.41 Å². The molecule has 8 nitrogen and oxygen atoms in total. The summed E-state index contributed by atoms with van der Waals surface area (Å²) < 4.78 is 25.2. The minimum absolute atomic E-state index is 0.0346. The first-order chi connectivity index (χ1) is 15.7. The zero-order valence-electron chi connectivity index (χ0n) is 18.4. The number of urea groups is 1. The van der Waals surface area contributed by atoms with Crippen LogP contribution in [0.5, 0.6) is 0 Å². The first-order valence-electron chi connectivity index (χ1n) is 10.4. The van der Waals surface area contributed by atoms with Gasteiger partial charge in [-0.15, -0.1) is 0 Å². The molecule has 5 N–H and O–H groups in total. The highest BCUT2D eigenvalue weighted by Gasteiger charge is 2.18. The van der Waals surface area contributed by atoms with E-state index in [0.717, 1.165) is 11.1 Å². The highest BCUT2D eigenvalue weighted by molar-refractivity contribution is 7.73. The van der Waals surface area contributed by atoms with Gasteiger partial charge in [-0.3, -0.25) is 10.1 Å². The molecule has 2 amide bonds. The molecule has 3 rings (SSSR count). The van der Waals surface area contributed by atoms with Crippen molar-refractivity contribution in [3.8, 4) is 11.1 Å². The molecule has 0 spiro atoms. The Morgan fingerprint density at radius 3 is 2.39 bits per heavy atom. The number of rotatable bonds is 8. The summed E-state index contributed by atoms with van der Waals surface area (Å²) in [6, 6.07) is 21.2. The van der Waals surface area contributed by atoms with Gasteiger partial charge in [-0.05, 0) is 43.2 Å². The molecule has 3 aromatic rings. The van der Waals surface area contributed by atoms with Gasteiger partial charge in [0.15, 0.2) is 0 Å². The molecule has 9 heteroatoms. The first kappa shape index (κ1) is 23.8. The van der Waals surface area contributed by atoms with E-state index in [9.17, 15) is 13.2 Å². The van der Waals surface area contributed by atoms with Crippen molar-refractivity contribution in [2.24, 2.45) is 5.73 Å². The summed E-state index contributed by atoms with van der Waals surface area (Å²) in [6.45, 7) is 4.13. The topological polar surface area (TPSA) is 128 Å². The molecule has 0 aliphatic carbocycles. The molecule has 0 saturated carbocycles. The maximum atomic E-state index is 13.1. The second-order valence-electron chi connectivity index (χ2n) is 7.76. The fraction of sp³-hybridized carbons (Fsp3) is 0.167. The fourth-order valence-corrected chi connectivity index (χ4v) is 3.78. The maximum absolute atomic E-state index is 13.1. The van der Waals surface area contributed by atoms with Crippen molar-refractivity contribution in [1.82, 2.24) is 4.90 Å². The number of nitrogens with zero attached hydrogens (tertiary/aromatic N) is 1. The Morgan fingerprint density at radius 1 is 1.03 bits per heavy atom. The van der Waals surface area contributed by atoms with E-state index in [1.165, 1.54) is 0 Å². The maximum Gasteiger partial charge on any atom is 0.322 e. The van der Waals surface area contributed by atoms with E-state index in [2.05, 4.69) is 10.0 Å². The van der Waals surface area contributed by atoms with Crippen LogP contribution in [0.1, 0.15) is 25.0 Å². The zero-order chi connectivity index (χ0) is 24.0. The summed E-state index contributed by atoms with van der Waals surface area (Å²) in [4.78, 5) is 14.7. The number of amidine groups is 1. The molecule has 0 bridgehead atoms. The standard InChI is InChI=1S/C24H27N5O3S/c1-16(2)29(15-17-7-6-10-19(13-17)23(25)26)24(30)27-20-11-12-21(18-8-4-3-5-9-18)22(14-20)28-33(31)32/h3-14,16,33H,15H2,1-2H3,(H3,25,26)(H,27,30)(H,28,31,32). The Kier molecular flexibility index (Phi) is 7.68. The van der Waals surface area contributed by atoms with Crippen molar-refractivity contribution in [2.45, 2.75) is 26.4 Å². The van der Waals surface area contributed by atoms with E-state index in [0.29, 0.717) is 29.0 Å². The van der Waals surface area contributed by atoms with E-state index in [-0.39, 0.29) is 17.9 Å². The zero-order valence-corrected chi connectivity index (χ0v) is 19.3. The quantitative estimate of drug-likeness (QED) is 0.195. The molecule has 172 valence electrons. The molecule has 3 aromatic carbocycles. The van der Waals surface area contributed by atoms with Crippen molar-refractivity contribution >= 4 is 34.1 Å². The largest absolute Gasteiger partial charge is 0.384 e. The number of thiol groups is 1. The van der Waals surface area contributed by atoms with Crippen LogP contribution in [0.4, 0.5) is 16.2 Å². The van der Waals surface area contributed by atoms with Gasteiger partial charge in [0.2, 0.25) is 10.9 Å². The third-order valence-electron chi connectivity index (χ3n) is 5.04. The number of hydrogen-bond donors (Lipinski definition) is 5. The predicted molar refractivity (Wildman–Crippen MR) is 133 cm³/mol. The number of nitrogen functional groups attached to an aromatic ring is 1. The van der Waals surface area contributed by atoms with Crippen LogP contribution < -0.4 is 15.8 Å². The van der Waals surface area contributed by atoms with Gasteiger partial charge in [0.25, 0.3) is 0 Å². The minimum atomic E-state index is -2.88. The lowest BCUT2D eigenvalue weighted by Gasteiger charge is -2.27. The van der Waals surface area contributed by atoms with Gasteiger partial charge in [-0.1, -0.05) is 54.6 Å². The third-order valence-corrected chi connectivity index (χ3v) is 5.47. The number of hydrogen-bond acceptors (Lipinski definition) is 4. The van der Waals surface area contributed by atoms with E-state index in [1.54, 1.807) is 41.3 Å². The molecular formula is C24H27N5O3S. The van der Waals surface area contributed by atoms with Crippen LogP contribution in [0.2, 0.25) is 0 Å². The lowest BCUT2D eigenvalue weighted by Crippen LogP contribution is -2.39. The first-order valence-corrected chi connectivity index (χ1v) is 11.5. The molecule has 0 heterocycles. The van der Waals surface area contributed by atoms with Crippen LogP contribution >= 0.6 is 0 Å². The number of benzene rings is 3. The van der Waals surface area contributed by atoms with Gasteiger partial charge in [-0.2, -0.15) is 0 Å². The average molecular weight is 466 g/mol. The van der Waals surface area contributed by atoms with Gasteiger partial charge in [0.1, 0.15) is 5.84 Å². The number of carbonyl (C=O) groups is 1. The lowest BCUT2D eigenvalue weighted by atomic mass is 10.0. The SMILES string of the molecule is CC(C)N(Cc1cccc(C(=N)N)c1)C(=O)Nc1ccc(-c2ccccc2)c(N[SH](=O)=O)c1. The summed E-state index contributed by atoms with van der Waals surface area (Å²) in [6.07, 6.45) is 0. The Morgan fingerprint density at radius 2 is 1.76 bits per heavy atom. The monoisotopic (exact) mass is 465 g/mol. The molecule has 33 heavy (non-hydrogen) atoms. The number of amides is 2. The van der Waals surface area contributed by atoms with Crippen LogP contribution in [0.25, 0.3) is 11.1 Å². The summed E-state index contributed by atoms with van der Waals surface area (Å²) in [5.41, 5.74) is 9.41. The second-order valence-corrected chi connectivity index (χ2v) is 8.50. The van der Waals surface area contributed by atoms with Gasteiger partial charge < -0.3 is 16.0 Å². The van der Waals surface area contributed by atoms with Crippen molar-refractivity contribution in [2.75, 3.05) is 10.0 Å². The average Bonchev–Trinajstić information content (AvgIpc) is 2.77. The van der Waals surface area contributed by atoms with Crippen LogP contribution in [0.3, 0.4) is 0 Å². The predicted octanol–water partition coefficient (Wildman–Crippen LogP) is 4.02. The highest BCUT2D eigenvalue weighted by Crippen LogP contribution is 2.31. The van der Waals surface area contributed by atoms with E-state index < -0.39 is 10.9 Å². The molecule has 0 atom stereocenters. The molecule has 0 unspecified atom stereocenters. The molecule has 0 saturated heterocycles. The molecular weight excluding hydrogens is 438 g/mol. The van der Waals surface area contributed by atoms with Crippen molar-refractivity contribution in [3.63, 3.8) is 0 Å². The summed E-state index contributed by atoms with van der Waals surface area (Å²) in [5, 5.41) is 10.5. The van der Waals surface area contributed by atoms with Gasteiger partial charge >= 0.3 is 6.03 Å². The van der Waals surface area contributed by atoms with Gasteiger partial charge in [-0.25, -0.2) is 13.2 Å². The van der Waals surface area contributed by atoms with Gasteiger partial charge in [0.05, 0.1) is 5.69 Å². The Balaban J connectivity index is 1.85. The van der Waals surface area contributed by atoms with Crippen LogP contribution in [-0.4, -0.2) is 31.2 Å². The van der Waals surface area contributed by atoms with Crippen molar-refractivity contribution < 1.29 is 13.2 Å². The Labute approximate surface area is 195 Å². The van der Waals surface area contributed by atoms with Crippen molar-refractivity contribution in [3.05, 3.63) is 83.9 Å². The summed E-state index contributed by atoms with van der Waals surface area (Å²) in [5.74, 6) is -0.0346. The lowest BCUT2D eigenvalue weighted by molar-refractivity contribution is 0.193. The van der Waals surface area contributed by atoms with E-state index >= 15 is 0 Å². The van der Waals surface area contributed by atoms with Gasteiger partial charge in [0, 0.05) is 29.4 Å². The molecule has 0 fully saturated rings. The van der Waals surface area contributed by atoms with Crippen LogP contribution in [0.15, 0.2) is 72.8 Å². The summed E-state index contributed by atoms with van der Waals surface area (Å²) >= 11 is 0.